The molecule has 0 bridgehead atoms. The zero-order chi connectivity index (χ0) is 14.8. The molecule has 0 fully saturated rings. The highest BCUT2D eigenvalue weighted by atomic mass is 19.4. The fourth-order valence-corrected chi connectivity index (χ4v) is 1.54. The summed E-state index contributed by atoms with van der Waals surface area (Å²) < 4.78 is 37.2. The van der Waals surface area contributed by atoms with Crippen LogP contribution in [0.2, 0.25) is 0 Å². The third-order valence-corrected chi connectivity index (χ3v) is 2.53. The molecule has 4 nitrogen and oxygen atoms in total. The molecule has 0 aliphatic heterocycles. The summed E-state index contributed by atoms with van der Waals surface area (Å²) in [6.07, 6.45) is -2.99. The number of pyridine rings is 1. The van der Waals surface area contributed by atoms with Crippen LogP contribution in [0.3, 0.4) is 0 Å². The van der Waals surface area contributed by atoms with E-state index in [2.05, 4.69) is 10.3 Å². The van der Waals surface area contributed by atoms with Gasteiger partial charge in [-0.15, -0.1) is 0 Å². The molecule has 0 aliphatic carbocycles. The molecule has 0 atom stereocenters. The quantitative estimate of drug-likeness (QED) is 0.908. The first-order valence-electron chi connectivity index (χ1n) is 5.56. The average molecular weight is 281 g/mol. The Morgan fingerprint density at radius 1 is 1.15 bits per heavy atom. The van der Waals surface area contributed by atoms with Crippen LogP contribution in [0.5, 0.6) is 0 Å². The summed E-state index contributed by atoms with van der Waals surface area (Å²) in [5.41, 5.74) is 5.07. The molecular weight excluding hydrogens is 271 g/mol. The molecule has 1 heterocycles. The average Bonchev–Trinajstić information content (AvgIpc) is 2.38. The van der Waals surface area contributed by atoms with Crippen LogP contribution in [-0.4, -0.2) is 10.9 Å². The predicted molar refractivity (Wildman–Crippen MR) is 67.5 cm³/mol. The largest absolute Gasteiger partial charge is 0.416 e. The molecule has 104 valence electrons. The van der Waals surface area contributed by atoms with Gasteiger partial charge in [-0.25, -0.2) is 4.98 Å². The van der Waals surface area contributed by atoms with Gasteiger partial charge in [-0.2, -0.15) is 13.2 Å². The van der Waals surface area contributed by atoms with Gasteiger partial charge in [-0.3, -0.25) is 4.79 Å². The molecule has 0 saturated carbocycles. The zero-order valence-electron chi connectivity index (χ0n) is 10.1. The van der Waals surface area contributed by atoms with Crippen LogP contribution in [0.25, 0.3) is 0 Å². The van der Waals surface area contributed by atoms with Gasteiger partial charge in [-0.05, 0) is 36.4 Å². The first kappa shape index (κ1) is 13.9. The summed E-state index contributed by atoms with van der Waals surface area (Å²) in [6.45, 7) is 0. The van der Waals surface area contributed by atoms with E-state index in [1.807, 2.05) is 0 Å². The number of amides is 1. The van der Waals surface area contributed by atoms with E-state index in [0.717, 1.165) is 12.1 Å². The molecule has 0 aliphatic rings. The van der Waals surface area contributed by atoms with E-state index < -0.39 is 17.6 Å². The van der Waals surface area contributed by atoms with Crippen molar-refractivity contribution >= 4 is 17.4 Å². The first-order chi connectivity index (χ1) is 9.36. The predicted octanol–water partition coefficient (Wildman–Crippen LogP) is 2.94. The molecule has 0 radical (unpaired) electrons. The minimum atomic E-state index is -4.37. The van der Waals surface area contributed by atoms with Crippen LogP contribution in [0.4, 0.5) is 24.7 Å². The second-order valence-corrected chi connectivity index (χ2v) is 3.99. The lowest BCUT2D eigenvalue weighted by molar-refractivity contribution is -0.137. The molecule has 1 aromatic carbocycles. The Morgan fingerprint density at radius 3 is 2.35 bits per heavy atom. The molecule has 20 heavy (non-hydrogen) atoms. The number of hydrogen-bond donors (Lipinski definition) is 2. The lowest BCUT2D eigenvalue weighted by Crippen LogP contribution is -2.11. The second-order valence-electron chi connectivity index (χ2n) is 3.99. The number of hydrogen-bond acceptors (Lipinski definition) is 3. The summed E-state index contributed by atoms with van der Waals surface area (Å²) in [6, 6.07) is 7.34. The van der Waals surface area contributed by atoms with Gasteiger partial charge < -0.3 is 11.1 Å². The maximum atomic E-state index is 12.4. The smallest absolute Gasteiger partial charge is 0.366 e. The number of benzene rings is 1. The molecule has 2 rings (SSSR count). The molecule has 2 aromatic rings. The minimum Gasteiger partial charge on any atom is -0.366 e. The summed E-state index contributed by atoms with van der Waals surface area (Å²) >= 11 is 0. The fraction of sp³-hybridized carbons (Fsp3) is 0.0769. The number of carbonyl (C=O) groups is 1. The molecule has 0 unspecified atom stereocenters. The molecular formula is C13H10F3N3O. The van der Waals surface area contributed by atoms with Crippen LogP contribution in [0, 0.1) is 0 Å². The van der Waals surface area contributed by atoms with E-state index in [9.17, 15) is 18.0 Å². The molecule has 1 aromatic heterocycles. The van der Waals surface area contributed by atoms with Gasteiger partial charge in [0.25, 0.3) is 0 Å². The molecule has 7 heteroatoms. The Kier molecular flexibility index (Phi) is 3.60. The van der Waals surface area contributed by atoms with Gasteiger partial charge in [0.05, 0.1) is 5.56 Å². The Hall–Kier alpha value is -2.57. The van der Waals surface area contributed by atoms with Gasteiger partial charge in [0.15, 0.2) is 0 Å². The lowest BCUT2D eigenvalue weighted by atomic mass is 10.2. The second kappa shape index (κ2) is 5.20. The van der Waals surface area contributed by atoms with Crippen molar-refractivity contribution in [1.82, 2.24) is 4.98 Å². The SMILES string of the molecule is NC(=O)c1ccnc(Nc2ccc(C(F)(F)F)cc2)c1. The van der Waals surface area contributed by atoms with Crippen LogP contribution in [0.15, 0.2) is 42.6 Å². The maximum absolute atomic E-state index is 12.4. The first-order valence-corrected chi connectivity index (χ1v) is 5.56. The Morgan fingerprint density at radius 2 is 1.80 bits per heavy atom. The van der Waals surface area contributed by atoms with Crippen molar-refractivity contribution in [3.8, 4) is 0 Å². The standard InChI is InChI=1S/C13H10F3N3O/c14-13(15,16)9-1-3-10(4-2-9)19-11-7-8(12(17)20)5-6-18-11/h1-7H,(H2,17,20)(H,18,19). The number of alkyl halides is 3. The van der Waals surface area contributed by atoms with E-state index in [-0.39, 0.29) is 5.56 Å². The Labute approximate surface area is 112 Å². The van der Waals surface area contributed by atoms with Crippen molar-refractivity contribution in [2.45, 2.75) is 6.18 Å². The molecule has 1 amide bonds. The number of rotatable bonds is 3. The van der Waals surface area contributed by atoms with Crippen molar-refractivity contribution < 1.29 is 18.0 Å². The van der Waals surface area contributed by atoms with Gasteiger partial charge >= 0.3 is 6.18 Å². The van der Waals surface area contributed by atoms with Crippen molar-refractivity contribution in [3.05, 3.63) is 53.7 Å². The summed E-state index contributed by atoms with van der Waals surface area (Å²) in [4.78, 5) is 14.9. The third-order valence-electron chi connectivity index (χ3n) is 2.53. The zero-order valence-corrected chi connectivity index (χ0v) is 10.1. The fourth-order valence-electron chi connectivity index (χ4n) is 1.54. The van der Waals surface area contributed by atoms with Crippen molar-refractivity contribution in [2.24, 2.45) is 5.73 Å². The number of carbonyl (C=O) groups excluding carboxylic acids is 1. The van der Waals surface area contributed by atoms with Crippen molar-refractivity contribution in [2.75, 3.05) is 5.32 Å². The van der Waals surface area contributed by atoms with Gasteiger partial charge in [0.1, 0.15) is 5.82 Å². The highest BCUT2D eigenvalue weighted by molar-refractivity contribution is 5.93. The number of nitrogens with two attached hydrogens (primary N) is 1. The van der Waals surface area contributed by atoms with Crippen LogP contribution < -0.4 is 11.1 Å². The molecule has 0 saturated heterocycles. The molecule has 0 spiro atoms. The van der Waals surface area contributed by atoms with Gasteiger partial charge in [-0.1, -0.05) is 0 Å². The molecule has 3 N–H and O–H groups in total. The number of nitrogens with zero attached hydrogens (tertiary/aromatic N) is 1. The summed E-state index contributed by atoms with van der Waals surface area (Å²) in [5, 5.41) is 2.79. The lowest BCUT2D eigenvalue weighted by Gasteiger charge is -2.09. The highest BCUT2D eigenvalue weighted by Crippen LogP contribution is 2.30. The maximum Gasteiger partial charge on any atom is 0.416 e. The number of anilines is 2. The summed E-state index contributed by atoms with van der Waals surface area (Å²) in [7, 11) is 0. The van der Waals surface area contributed by atoms with E-state index in [1.54, 1.807) is 0 Å². The number of halogens is 3. The van der Waals surface area contributed by atoms with Gasteiger partial charge in [0.2, 0.25) is 5.91 Å². The van der Waals surface area contributed by atoms with Crippen LogP contribution in [0.1, 0.15) is 15.9 Å². The monoisotopic (exact) mass is 281 g/mol. The number of aromatic nitrogens is 1. The van der Waals surface area contributed by atoms with E-state index in [0.29, 0.717) is 11.5 Å². The van der Waals surface area contributed by atoms with Crippen LogP contribution >= 0.6 is 0 Å². The third kappa shape index (κ3) is 3.25. The Balaban J connectivity index is 2.18. The van der Waals surface area contributed by atoms with E-state index >= 15 is 0 Å². The van der Waals surface area contributed by atoms with Crippen LogP contribution in [-0.2, 0) is 6.18 Å². The number of nitrogens with one attached hydrogen (secondary N) is 1. The normalized spacial score (nSPS) is 11.2. The van der Waals surface area contributed by atoms with E-state index in [1.165, 1.54) is 30.5 Å². The summed E-state index contributed by atoms with van der Waals surface area (Å²) in [5.74, 6) is -0.288. The van der Waals surface area contributed by atoms with Crippen molar-refractivity contribution in [1.29, 1.82) is 0 Å². The topological polar surface area (TPSA) is 68.0 Å². The van der Waals surface area contributed by atoms with Gasteiger partial charge in [0, 0.05) is 17.4 Å². The number of primary amides is 1. The van der Waals surface area contributed by atoms with E-state index in [4.69, 9.17) is 5.73 Å². The minimum absolute atomic E-state index is 0.259. The Bertz CT molecular complexity index is 624. The van der Waals surface area contributed by atoms with Crippen molar-refractivity contribution in [3.63, 3.8) is 0 Å². The highest BCUT2D eigenvalue weighted by Gasteiger charge is 2.29.